The topological polar surface area (TPSA) is 81.4 Å². The molecule has 0 unspecified atom stereocenters. The second kappa shape index (κ2) is 7.45. The zero-order valence-corrected chi connectivity index (χ0v) is 15.4. The minimum atomic E-state index is -0.500. The van der Waals surface area contributed by atoms with Crippen molar-refractivity contribution in [2.75, 3.05) is 11.9 Å². The van der Waals surface area contributed by atoms with Crippen LogP contribution in [0.3, 0.4) is 0 Å². The van der Waals surface area contributed by atoms with E-state index in [9.17, 15) is 9.59 Å². The molecule has 0 saturated heterocycles. The van der Waals surface area contributed by atoms with Gasteiger partial charge in [-0.05, 0) is 55.0 Å². The fourth-order valence-corrected chi connectivity index (χ4v) is 4.34. The summed E-state index contributed by atoms with van der Waals surface area (Å²) in [4.78, 5) is 25.2. The minimum absolute atomic E-state index is 0.154. The zero-order chi connectivity index (χ0) is 18.0. The van der Waals surface area contributed by atoms with Crippen molar-refractivity contribution in [2.45, 2.75) is 26.2 Å². The Hall–Kier alpha value is -2.05. The number of amides is 2. The second-order valence-electron chi connectivity index (χ2n) is 6.21. The van der Waals surface area contributed by atoms with E-state index in [-0.39, 0.29) is 12.5 Å². The number of thiophene rings is 1. The number of benzene rings is 1. The summed E-state index contributed by atoms with van der Waals surface area (Å²) in [6.07, 6.45) is 2.82. The predicted molar refractivity (Wildman–Crippen MR) is 99.6 cm³/mol. The highest BCUT2D eigenvalue weighted by Crippen LogP contribution is 2.39. The molecule has 1 heterocycles. The van der Waals surface area contributed by atoms with Crippen LogP contribution in [0.25, 0.3) is 0 Å². The molecule has 2 aromatic rings. The maximum Gasteiger partial charge on any atom is 0.262 e. The Morgan fingerprint density at radius 1 is 1.36 bits per heavy atom. The zero-order valence-electron chi connectivity index (χ0n) is 13.8. The number of aryl methyl sites for hydroxylation is 1. The van der Waals surface area contributed by atoms with E-state index in [1.807, 2.05) is 0 Å². The molecular formula is C18H19ClN2O3S. The highest BCUT2D eigenvalue weighted by atomic mass is 35.5. The van der Waals surface area contributed by atoms with Gasteiger partial charge in [-0.2, -0.15) is 0 Å². The molecule has 0 saturated carbocycles. The molecule has 1 atom stereocenters. The Morgan fingerprint density at radius 3 is 2.76 bits per heavy atom. The van der Waals surface area contributed by atoms with Crippen LogP contribution in [-0.2, 0) is 17.6 Å². The first-order valence-corrected chi connectivity index (χ1v) is 9.26. The minimum Gasteiger partial charge on any atom is -0.484 e. The first-order valence-electron chi connectivity index (χ1n) is 8.06. The van der Waals surface area contributed by atoms with Crippen LogP contribution < -0.4 is 15.8 Å². The molecule has 0 fully saturated rings. The molecule has 1 aromatic carbocycles. The van der Waals surface area contributed by atoms with Crippen LogP contribution in [0.15, 0.2) is 24.3 Å². The molecule has 3 rings (SSSR count). The molecule has 7 heteroatoms. The molecule has 0 radical (unpaired) electrons. The number of anilines is 1. The molecule has 0 aliphatic heterocycles. The maximum atomic E-state index is 12.2. The Balaban J connectivity index is 1.70. The van der Waals surface area contributed by atoms with E-state index >= 15 is 0 Å². The lowest BCUT2D eigenvalue weighted by Crippen LogP contribution is -2.23. The van der Waals surface area contributed by atoms with E-state index < -0.39 is 5.91 Å². The highest BCUT2D eigenvalue weighted by molar-refractivity contribution is 7.17. The average molecular weight is 379 g/mol. The van der Waals surface area contributed by atoms with Crippen LogP contribution in [-0.4, -0.2) is 18.4 Å². The largest absolute Gasteiger partial charge is 0.484 e. The Labute approximate surface area is 155 Å². The number of nitrogens with two attached hydrogens (primary N) is 1. The summed E-state index contributed by atoms with van der Waals surface area (Å²) in [5.41, 5.74) is 7.00. The van der Waals surface area contributed by atoms with Gasteiger partial charge < -0.3 is 15.8 Å². The number of rotatable bonds is 5. The van der Waals surface area contributed by atoms with Crippen molar-refractivity contribution in [2.24, 2.45) is 11.7 Å². The first kappa shape index (κ1) is 17.8. The number of hydrogen-bond donors (Lipinski definition) is 2. The number of carbonyl (C=O) groups is 2. The van der Waals surface area contributed by atoms with Gasteiger partial charge in [0.15, 0.2) is 6.61 Å². The summed E-state index contributed by atoms with van der Waals surface area (Å²) in [7, 11) is 0. The average Bonchev–Trinajstić information content (AvgIpc) is 2.91. The lowest BCUT2D eigenvalue weighted by molar-refractivity contribution is -0.118. The molecule has 132 valence electrons. The summed E-state index contributed by atoms with van der Waals surface area (Å²) >= 11 is 7.25. The van der Waals surface area contributed by atoms with E-state index in [2.05, 4.69) is 12.2 Å². The molecule has 1 aliphatic carbocycles. The van der Waals surface area contributed by atoms with E-state index in [0.29, 0.717) is 27.3 Å². The van der Waals surface area contributed by atoms with E-state index in [0.717, 1.165) is 29.7 Å². The summed E-state index contributed by atoms with van der Waals surface area (Å²) in [6.45, 7) is 2.00. The fraction of sp³-hybridized carbons (Fsp3) is 0.333. The van der Waals surface area contributed by atoms with Crippen molar-refractivity contribution in [3.05, 3.63) is 45.3 Å². The van der Waals surface area contributed by atoms with Gasteiger partial charge in [-0.3, -0.25) is 9.59 Å². The lowest BCUT2D eigenvalue weighted by Gasteiger charge is -2.18. The second-order valence-corrected chi connectivity index (χ2v) is 7.75. The number of hydrogen-bond acceptors (Lipinski definition) is 4. The van der Waals surface area contributed by atoms with Gasteiger partial charge >= 0.3 is 0 Å². The Morgan fingerprint density at radius 2 is 2.08 bits per heavy atom. The first-order chi connectivity index (χ1) is 11.9. The van der Waals surface area contributed by atoms with Gasteiger partial charge in [0.1, 0.15) is 10.8 Å². The third-order valence-corrected chi connectivity index (χ3v) is 5.65. The van der Waals surface area contributed by atoms with Gasteiger partial charge in [0, 0.05) is 9.90 Å². The molecule has 1 aromatic heterocycles. The van der Waals surface area contributed by atoms with Crippen molar-refractivity contribution >= 4 is 39.8 Å². The van der Waals surface area contributed by atoms with Gasteiger partial charge in [0.2, 0.25) is 0 Å². The molecule has 2 amide bonds. The summed E-state index contributed by atoms with van der Waals surface area (Å²) < 4.78 is 5.43. The van der Waals surface area contributed by atoms with E-state index in [1.54, 1.807) is 24.3 Å². The van der Waals surface area contributed by atoms with Crippen LogP contribution in [0.2, 0.25) is 5.02 Å². The number of fused-ring (bicyclic) bond motifs is 1. The van der Waals surface area contributed by atoms with Crippen molar-refractivity contribution in [3.8, 4) is 5.75 Å². The quantitative estimate of drug-likeness (QED) is 0.833. The molecule has 1 aliphatic rings. The molecule has 0 spiro atoms. The van der Waals surface area contributed by atoms with Crippen molar-refractivity contribution in [3.63, 3.8) is 0 Å². The van der Waals surface area contributed by atoms with Crippen LogP contribution in [0.4, 0.5) is 5.00 Å². The van der Waals surface area contributed by atoms with Crippen LogP contribution in [0, 0.1) is 5.92 Å². The third kappa shape index (κ3) is 4.14. The molecule has 25 heavy (non-hydrogen) atoms. The van der Waals surface area contributed by atoms with Gasteiger partial charge in [0.25, 0.3) is 11.8 Å². The fourth-order valence-electron chi connectivity index (χ4n) is 2.95. The van der Waals surface area contributed by atoms with Crippen molar-refractivity contribution in [1.29, 1.82) is 0 Å². The summed E-state index contributed by atoms with van der Waals surface area (Å²) in [6, 6.07) is 6.76. The number of primary amides is 1. The molecule has 0 bridgehead atoms. The van der Waals surface area contributed by atoms with Crippen LogP contribution in [0.5, 0.6) is 5.75 Å². The molecular weight excluding hydrogens is 360 g/mol. The number of carbonyl (C=O) groups excluding carboxylic acids is 2. The lowest BCUT2D eigenvalue weighted by atomic mass is 9.87. The van der Waals surface area contributed by atoms with Crippen LogP contribution >= 0.6 is 22.9 Å². The highest BCUT2D eigenvalue weighted by Gasteiger charge is 2.27. The summed E-state index contributed by atoms with van der Waals surface area (Å²) in [5.74, 6) is 0.232. The van der Waals surface area contributed by atoms with Gasteiger partial charge in [-0.25, -0.2) is 0 Å². The summed E-state index contributed by atoms with van der Waals surface area (Å²) in [5, 5.41) is 3.90. The Kier molecular flexibility index (Phi) is 5.30. The normalized spacial score (nSPS) is 16.2. The monoisotopic (exact) mass is 378 g/mol. The maximum absolute atomic E-state index is 12.2. The third-order valence-electron chi connectivity index (χ3n) is 4.19. The van der Waals surface area contributed by atoms with E-state index in [4.69, 9.17) is 22.1 Å². The predicted octanol–water partition coefficient (Wildman–Crippen LogP) is 3.64. The van der Waals surface area contributed by atoms with Crippen LogP contribution in [0.1, 0.15) is 34.1 Å². The Bertz CT molecular complexity index is 801. The number of ether oxygens (including phenoxy) is 1. The number of halogens is 1. The van der Waals surface area contributed by atoms with Crippen molar-refractivity contribution < 1.29 is 14.3 Å². The van der Waals surface area contributed by atoms with Crippen molar-refractivity contribution in [1.82, 2.24) is 0 Å². The standard InChI is InChI=1S/C18H19ClN2O3S/c1-10-2-7-14-13(8-10)16(17(20)23)18(25-14)21-15(22)9-24-12-5-3-11(19)4-6-12/h3-6,10H,2,7-9H2,1H3,(H2,20,23)(H,21,22)/t10-/m1/s1. The molecule has 3 N–H and O–H groups in total. The smallest absolute Gasteiger partial charge is 0.262 e. The van der Waals surface area contributed by atoms with Gasteiger partial charge in [-0.15, -0.1) is 11.3 Å². The van der Waals surface area contributed by atoms with E-state index in [1.165, 1.54) is 11.3 Å². The van der Waals surface area contributed by atoms with Gasteiger partial charge in [-0.1, -0.05) is 18.5 Å². The number of nitrogens with one attached hydrogen (secondary N) is 1. The van der Waals surface area contributed by atoms with Gasteiger partial charge in [0.05, 0.1) is 5.56 Å². The SMILES string of the molecule is C[C@@H]1CCc2sc(NC(=O)COc3ccc(Cl)cc3)c(C(N)=O)c2C1. The molecule has 5 nitrogen and oxygen atoms in total.